The van der Waals surface area contributed by atoms with Gasteiger partial charge in [-0.2, -0.15) is 0 Å². The van der Waals surface area contributed by atoms with Gasteiger partial charge in [-0.3, -0.25) is 4.79 Å². The molecule has 1 amide bonds. The first kappa shape index (κ1) is 13.6. The second-order valence-electron chi connectivity index (χ2n) is 5.59. The number of hydrogen-bond donors (Lipinski definition) is 1. The molecule has 2 aliphatic rings. The lowest BCUT2D eigenvalue weighted by Gasteiger charge is -2.07. The normalized spacial score (nSPS) is 27.0. The van der Waals surface area contributed by atoms with E-state index in [-0.39, 0.29) is 17.8 Å². The van der Waals surface area contributed by atoms with Crippen molar-refractivity contribution in [1.82, 2.24) is 0 Å². The maximum absolute atomic E-state index is 12.3. The molecule has 2 unspecified atom stereocenters. The largest absolute Gasteiger partial charge is 0.462 e. The van der Waals surface area contributed by atoms with Crippen LogP contribution >= 0.6 is 11.3 Å². The molecule has 0 bridgehead atoms. The molecular formula is C15H19NO3S. The highest BCUT2D eigenvalue weighted by Crippen LogP contribution is 2.57. The van der Waals surface area contributed by atoms with E-state index in [1.807, 2.05) is 6.92 Å². The van der Waals surface area contributed by atoms with Crippen molar-refractivity contribution in [3.8, 4) is 0 Å². The van der Waals surface area contributed by atoms with Crippen LogP contribution in [0.15, 0.2) is 6.07 Å². The molecule has 0 spiro atoms. The molecule has 1 heterocycles. The van der Waals surface area contributed by atoms with Crippen LogP contribution in [0, 0.1) is 24.7 Å². The number of carbonyl (C=O) groups excluding carboxylic acids is 2. The van der Waals surface area contributed by atoms with Crippen LogP contribution in [0.1, 0.15) is 41.4 Å². The average Bonchev–Trinajstić information content (AvgIpc) is 2.73. The number of amides is 1. The Morgan fingerprint density at radius 2 is 2.10 bits per heavy atom. The molecule has 0 aromatic carbocycles. The number of carbonyl (C=O) groups is 2. The van der Waals surface area contributed by atoms with Gasteiger partial charge >= 0.3 is 5.97 Å². The Kier molecular flexibility index (Phi) is 3.54. The molecule has 2 aliphatic carbocycles. The fraction of sp³-hybridized carbons (Fsp3) is 0.600. The molecule has 3 rings (SSSR count). The molecule has 0 saturated heterocycles. The maximum atomic E-state index is 12.3. The van der Waals surface area contributed by atoms with Gasteiger partial charge in [-0.1, -0.05) is 6.42 Å². The summed E-state index contributed by atoms with van der Waals surface area (Å²) in [5, 5.41) is 3.58. The van der Waals surface area contributed by atoms with Gasteiger partial charge in [-0.15, -0.1) is 11.3 Å². The van der Waals surface area contributed by atoms with Crippen molar-refractivity contribution in [3.63, 3.8) is 0 Å². The van der Waals surface area contributed by atoms with Crippen LogP contribution in [0.2, 0.25) is 0 Å². The Bertz CT molecular complexity index is 541. The van der Waals surface area contributed by atoms with Crippen molar-refractivity contribution in [2.24, 2.45) is 17.8 Å². The molecule has 1 aromatic heterocycles. The molecule has 2 atom stereocenters. The summed E-state index contributed by atoms with van der Waals surface area (Å²) < 4.78 is 5.03. The molecule has 1 aromatic rings. The SMILES string of the molecule is CCOC(=O)c1cc(C)sc1NC(=O)C1C2CCCC21. The third-order valence-electron chi connectivity index (χ3n) is 4.30. The highest BCUT2D eigenvalue weighted by molar-refractivity contribution is 7.16. The van der Waals surface area contributed by atoms with E-state index in [4.69, 9.17) is 4.74 Å². The quantitative estimate of drug-likeness (QED) is 0.867. The van der Waals surface area contributed by atoms with Gasteiger partial charge in [0.2, 0.25) is 5.91 Å². The topological polar surface area (TPSA) is 55.4 Å². The van der Waals surface area contributed by atoms with Crippen molar-refractivity contribution in [1.29, 1.82) is 0 Å². The maximum Gasteiger partial charge on any atom is 0.341 e. The van der Waals surface area contributed by atoms with Crippen LogP contribution in [0.4, 0.5) is 5.00 Å². The Labute approximate surface area is 122 Å². The second kappa shape index (κ2) is 5.20. The molecular weight excluding hydrogens is 274 g/mol. The van der Waals surface area contributed by atoms with Gasteiger partial charge < -0.3 is 10.1 Å². The number of anilines is 1. The number of esters is 1. The number of thiophene rings is 1. The van der Waals surface area contributed by atoms with Crippen molar-refractivity contribution in [3.05, 3.63) is 16.5 Å². The van der Waals surface area contributed by atoms with Gasteiger partial charge in [0.05, 0.1) is 12.2 Å². The number of rotatable bonds is 4. The third-order valence-corrected chi connectivity index (χ3v) is 5.26. The molecule has 20 heavy (non-hydrogen) atoms. The van der Waals surface area contributed by atoms with Crippen LogP contribution in [0.25, 0.3) is 0 Å². The van der Waals surface area contributed by atoms with E-state index in [0.717, 1.165) is 4.88 Å². The third kappa shape index (κ3) is 2.35. The van der Waals surface area contributed by atoms with Gasteiger partial charge in [0.1, 0.15) is 5.00 Å². The number of aryl methyl sites for hydroxylation is 1. The summed E-state index contributed by atoms with van der Waals surface area (Å²) in [4.78, 5) is 25.1. The fourth-order valence-electron chi connectivity index (χ4n) is 3.37. The summed E-state index contributed by atoms with van der Waals surface area (Å²) in [7, 11) is 0. The molecule has 108 valence electrons. The molecule has 4 nitrogen and oxygen atoms in total. The van der Waals surface area contributed by atoms with E-state index < -0.39 is 0 Å². The fourth-order valence-corrected chi connectivity index (χ4v) is 4.28. The lowest BCUT2D eigenvalue weighted by Crippen LogP contribution is -2.17. The van der Waals surface area contributed by atoms with Crippen LogP contribution in [0.3, 0.4) is 0 Å². The summed E-state index contributed by atoms with van der Waals surface area (Å²) in [6, 6.07) is 1.78. The standard InChI is InChI=1S/C15H19NO3S/c1-3-19-15(18)11-7-8(2)20-14(11)16-13(17)12-9-5-4-6-10(9)12/h7,9-10,12H,3-6H2,1-2H3,(H,16,17). The Hall–Kier alpha value is -1.36. The van der Waals surface area contributed by atoms with E-state index in [9.17, 15) is 9.59 Å². The summed E-state index contributed by atoms with van der Waals surface area (Å²) in [5.74, 6) is 1.06. The predicted molar refractivity (Wildman–Crippen MR) is 78.0 cm³/mol. The lowest BCUT2D eigenvalue weighted by molar-refractivity contribution is -0.118. The smallest absolute Gasteiger partial charge is 0.341 e. The molecule has 0 aliphatic heterocycles. The average molecular weight is 293 g/mol. The molecule has 5 heteroatoms. The minimum atomic E-state index is -0.358. The van der Waals surface area contributed by atoms with Gasteiger partial charge in [-0.05, 0) is 44.6 Å². The van der Waals surface area contributed by atoms with Crippen LogP contribution in [0.5, 0.6) is 0 Å². The van der Waals surface area contributed by atoms with Crippen molar-refractivity contribution < 1.29 is 14.3 Å². The lowest BCUT2D eigenvalue weighted by atomic mass is 10.1. The summed E-state index contributed by atoms with van der Waals surface area (Å²) >= 11 is 1.44. The molecule has 0 radical (unpaired) electrons. The van der Waals surface area contributed by atoms with E-state index in [0.29, 0.717) is 29.0 Å². The number of fused-ring (bicyclic) bond motifs is 1. The van der Waals surface area contributed by atoms with Gasteiger partial charge in [0, 0.05) is 10.8 Å². The van der Waals surface area contributed by atoms with E-state index >= 15 is 0 Å². The zero-order valence-corrected chi connectivity index (χ0v) is 12.6. The van der Waals surface area contributed by atoms with Crippen LogP contribution in [-0.4, -0.2) is 18.5 Å². The monoisotopic (exact) mass is 293 g/mol. The number of ether oxygens (including phenoxy) is 1. The first-order chi connectivity index (χ1) is 9.61. The molecule has 2 saturated carbocycles. The predicted octanol–water partition coefficient (Wildman–Crippen LogP) is 3.22. The molecule has 1 N–H and O–H groups in total. The van der Waals surface area contributed by atoms with Crippen molar-refractivity contribution in [2.75, 3.05) is 11.9 Å². The summed E-state index contributed by atoms with van der Waals surface area (Å²) in [6.45, 7) is 4.05. The van der Waals surface area contributed by atoms with Gasteiger partial charge in [-0.25, -0.2) is 4.79 Å². The minimum absolute atomic E-state index is 0.0760. The first-order valence-corrected chi connectivity index (χ1v) is 8.02. The van der Waals surface area contributed by atoms with Gasteiger partial charge in [0.25, 0.3) is 0 Å². The van der Waals surface area contributed by atoms with E-state index in [1.165, 1.54) is 30.6 Å². The summed E-state index contributed by atoms with van der Waals surface area (Å²) in [5.41, 5.74) is 0.480. The highest BCUT2D eigenvalue weighted by Gasteiger charge is 2.56. The summed E-state index contributed by atoms with van der Waals surface area (Å²) in [6.07, 6.45) is 3.61. The number of nitrogens with one attached hydrogen (secondary N) is 1. The zero-order valence-electron chi connectivity index (χ0n) is 11.8. The second-order valence-corrected chi connectivity index (χ2v) is 6.85. The first-order valence-electron chi connectivity index (χ1n) is 7.20. The highest BCUT2D eigenvalue weighted by atomic mass is 32.1. The van der Waals surface area contributed by atoms with Gasteiger partial charge in [0.15, 0.2) is 0 Å². The van der Waals surface area contributed by atoms with Crippen LogP contribution in [-0.2, 0) is 9.53 Å². The van der Waals surface area contributed by atoms with E-state index in [1.54, 1.807) is 13.0 Å². The van der Waals surface area contributed by atoms with Crippen molar-refractivity contribution in [2.45, 2.75) is 33.1 Å². The minimum Gasteiger partial charge on any atom is -0.462 e. The number of hydrogen-bond acceptors (Lipinski definition) is 4. The van der Waals surface area contributed by atoms with E-state index in [2.05, 4.69) is 5.32 Å². The zero-order chi connectivity index (χ0) is 14.3. The Morgan fingerprint density at radius 1 is 1.40 bits per heavy atom. The Balaban J connectivity index is 1.71. The van der Waals surface area contributed by atoms with Crippen molar-refractivity contribution >= 4 is 28.2 Å². The molecule has 2 fully saturated rings. The van der Waals surface area contributed by atoms with Crippen LogP contribution < -0.4 is 5.32 Å². The Morgan fingerprint density at radius 3 is 2.75 bits per heavy atom.